The molecule has 0 aromatic heterocycles. The zero-order valence-electron chi connectivity index (χ0n) is 11.3. The van der Waals surface area contributed by atoms with Gasteiger partial charge in [-0.2, -0.15) is 0 Å². The maximum atomic E-state index is 11.5. The van der Waals surface area contributed by atoms with Crippen LogP contribution in [0.5, 0.6) is 0 Å². The van der Waals surface area contributed by atoms with Crippen molar-refractivity contribution in [3.05, 3.63) is 0 Å². The van der Waals surface area contributed by atoms with Gasteiger partial charge in [-0.25, -0.2) is 0 Å². The summed E-state index contributed by atoms with van der Waals surface area (Å²) in [6, 6.07) is 0.840. The van der Waals surface area contributed by atoms with Gasteiger partial charge in [0.05, 0.1) is 0 Å². The molecular formula is C13H24N2O3. The van der Waals surface area contributed by atoms with E-state index in [0.717, 1.165) is 38.9 Å². The van der Waals surface area contributed by atoms with Crippen LogP contribution in [0.25, 0.3) is 0 Å². The minimum atomic E-state index is -0.839. The quantitative estimate of drug-likeness (QED) is 0.732. The molecule has 1 unspecified atom stereocenters. The molecule has 1 aliphatic heterocycles. The SMILES string of the molecule is CN(CC(C)(NC1CC1)C(=O)O)C1CCOCC1. The smallest absolute Gasteiger partial charge is 0.324 e. The lowest BCUT2D eigenvalue weighted by molar-refractivity contribution is -0.145. The van der Waals surface area contributed by atoms with Gasteiger partial charge in [0.2, 0.25) is 0 Å². The van der Waals surface area contributed by atoms with Gasteiger partial charge in [-0.15, -0.1) is 0 Å². The molecule has 0 bridgehead atoms. The van der Waals surface area contributed by atoms with E-state index >= 15 is 0 Å². The van der Waals surface area contributed by atoms with Crippen LogP contribution in [-0.4, -0.2) is 60.4 Å². The second kappa shape index (κ2) is 5.55. The van der Waals surface area contributed by atoms with Crippen LogP contribution in [0.15, 0.2) is 0 Å². The molecular weight excluding hydrogens is 232 g/mol. The third kappa shape index (κ3) is 3.43. The zero-order chi connectivity index (χ0) is 13.2. The van der Waals surface area contributed by atoms with E-state index in [4.69, 9.17) is 4.74 Å². The van der Waals surface area contributed by atoms with Gasteiger partial charge in [0.1, 0.15) is 5.54 Å². The molecule has 0 aromatic rings. The Morgan fingerprint density at radius 2 is 2.00 bits per heavy atom. The van der Waals surface area contributed by atoms with Gasteiger partial charge >= 0.3 is 5.97 Å². The van der Waals surface area contributed by atoms with Gasteiger partial charge in [0, 0.05) is 31.8 Å². The Morgan fingerprint density at radius 1 is 1.39 bits per heavy atom. The van der Waals surface area contributed by atoms with E-state index in [2.05, 4.69) is 10.2 Å². The van der Waals surface area contributed by atoms with Crippen LogP contribution in [0.2, 0.25) is 0 Å². The number of carboxylic acid groups (broad SMARTS) is 1. The van der Waals surface area contributed by atoms with E-state index in [0.29, 0.717) is 18.6 Å². The molecule has 0 amide bonds. The van der Waals surface area contributed by atoms with Crippen molar-refractivity contribution >= 4 is 5.97 Å². The predicted octanol–water partition coefficient (Wildman–Crippen LogP) is 0.693. The molecule has 5 heteroatoms. The number of hydrogen-bond donors (Lipinski definition) is 2. The van der Waals surface area contributed by atoms with Crippen molar-refractivity contribution in [3.8, 4) is 0 Å². The first-order valence-corrected chi connectivity index (χ1v) is 6.80. The highest BCUT2D eigenvalue weighted by atomic mass is 16.5. The van der Waals surface area contributed by atoms with Gasteiger partial charge in [-0.05, 0) is 39.7 Å². The predicted molar refractivity (Wildman–Crippen MR) is 68.7 cm³/mol. The Balaban J connectivity index is 1.91. The van der Waals surface area contributed by atoms with Crippen molar-refractivity contribution in [2.24, 2.45) is 0 Å². The summed E-state index contributed by atoms with van der Waals surface area (Å²) in [5.74, 6) is -0.756. The first kappa shape index (κ1) is 13.8. The highest BCUT2D eigenvalue weighted by Gasteiger charge is 2.40. The van der Waals surface area contributed by atoms with E-state index in [9.17, 15) is 9.90 Å². The lowest BCUT2D eigenvalue weighted by Crippen LogP contribution is -2.58. The van der Waals surface area contributed by atoms with Crippen LogP contribution in [0.3, 0.4) is 0 Å². The number of likely N-dealkylation sites (N-methyl/N-ethyl adjacent to an activating group) is 1. The molecule has 0 radical (unpaired) electrons. The number of rotatable bonds is 6. The molecule has 2 N–H and O–H groups in total. The molecule has 0 spiro atoms. The Labute approximate surface area is 108 Å². The standard InChI is InChI=1S/C13H24N2O3/c1-13(12(16)17,14-10-3-4-10)9-15(2)11-5-7-18-8-6-11/h10-11,14H,3-9H2,1-2H3,(H,16,17). The monoisotopic (exact) mass is 256 g/mol. The molecule has 5 nitrogen and oxygen atoms in total. The Hall–Kier alpha value is -0.650. The molecule has 1 saturated carbocycles. The summed E-state index contributed by atoms with van der Waals surface area (Å²) in [5, 5.41) is 12.7. The summed E-state index contributed by atoms with van der Waals surface area (Å²) >= 11 is 0. The number of carboxylic acids is 1. The summed E-state index contributed by atoms with van der Waals surface area (Å²) in [7, 11) is 2.02. The van der Waals surface area contributed by atoms with Crippen LogP contribution in [0.1, 0.15) is 32.6 Å². The van der Waals surface area contributed by atoms with E-state index in [1.165, 1.54) is 0 Å². The molecule has 1 atom stereocenters. The molecule has 2 rings (SSSR count). The van der Waals surface area contributed by atoms with Crippen LogP contribution < -0.4 is 5.32 Å². The molecule has 18 heavy (non-hydrogen) atoms. The van der Waals surface area contributed by atoms with Crippen LogP contribution in [0, 0.1) is 0 Å². The lowest BCUT2D eigenvalue weighted by atomic mass is 9.99. The van der Waals surface area contributed by atoms with Crippen molar-refractivity contribution in [1.82, 2.24) is 10.2 Å². The van der Waals surface area contributed by atoms with E-state index in [1.54, 1.807) is 6.92 Å². The third-order valence-electron chi connectivity index (χ3n) is 3.95. The fourth-order valence-corrected chi connectivity index (χ4v) is 2.61. The zero-order valence-corrected chi connectivity index (χ0v) is 11.3. The Kier molecular flexibility index (Phi) is 4.25. The van der Waals surface area contributed by atoms with E-state index in [1.807, 2.05) is 7.05 Å². The number of nitrogens with one attached hydrogen (secondary N) is 1. The fourth-order valence-electron chi connectivity index (χ4n) is 2.61. The van der Waals surface area contributed by atoms with Crippen LogP contribution in [0.4, 0.5) is 0 Å². The number of nitrogens with zero attached hydrogens (tertiary/aromatic N) is 1. The molecule has 2 aliphatic rings. The summed E-state index contributed by atoms with van der Waals surface area (Å²) < 4.78 is 5.34. The van der Waals surface area contributed by atoms with Crippen molar-refractivity contribution < 1.29 is 14.6 Å². The fraction of sp³-hybridized carbons (Fsp3) is 0.923. The summed E-state index contributed by atoms with van der Waals surface area (Å²) in [4.78, 5) is 13.7. The summed E-state index contributed by atoms with van der Waals surface area (Å²) in [6.07, 6.45) is 4.19. The van der Waals surface area contributed by atoms with Gasteiger partial charge in [0.25, 0.3) is 0 Å². The second-order valence-corrected chi connectivity index (χ2v) is 5.81. The minimum absolute atomic E-state index is 0.397. The minimum Gasteiger partial charge on any atom is -0.480 e. The van der Waals surface area contributed by atoms with Crippen molar-refractivity contribution in [1.29, 1.82) is 0 Å². The van der Waals surface area contributed by atoms with E-state index in [-0.39, 0.29) is 0 Å². The van der Waals surface area contributed by atoms with Gasteiger partial charge in [-0.3, -0.25) is 10.1 Å². The highest BCUT2D eigenvalue weighted by Crippen LogP contribution is 2.24. The molecule has 0 aromatic carbocycles. The number of carbonyl (C=O) groups is 1. The average Bonchev–Trinajstić information content (AvgIpc) is 3.13. The molecule has 1 heterocycles. The Morgan fingerprint density at radius 3 is 2.50 bits per heavy atom. The van der Waals surface area contributed by atoms with Crippen molar-refractivity contribution in [2.45, 2.75) is 50.2 Å². The maximum absolute atomic E-state index is 11.5. The van der Waals surface area contributed by atoms with E-state index < -0.39 is 11.5 Å². The lowest BCUT2D eigenvalue weighted by Gasteiger charge is -2.37. The number of aliphatic carboxylic acids is 1. The first-order chi connectivity index (χ1) is 8.51. The molecule has 1 saturated heterocycles. The maximum Gasteiger partial charge on any atom is 0.324 e. The van der Waals surface area contributed by atoms with Crippen molar-refractivity contribution in [2.75, 3.05) is 26.8 Å². The van der Waals surface area contributed by atoms with Crippen LogP contribution in [-0.2, 0) is 9.53 Å². The average molecular weight is 256 g/mol. The summed E-state index contributed by atoms with van der Waals surface area (Å²) in [5.41, 5.74) is -0.839. The normalized spacial score (nSPS) is 25.1. The first-order valence-electron chi connectivity index (χ1n) is 6.80. The Bertz CT molecular complexity index is 301. The van der Waals surface area contributed by atoms with Crippen LogP contribution >= 0.6 is 0 Å². The highest BCUT2D eigenvalue weighted by molar-refractivity contribution is 5.78. The molecule has 1 aliphatic carbocycles. The number of hydrogen-bond acceptors (Lipinski definition) is 4. The van der Waals surface area contributed by atoms with Crippen molar-refractivity contribution in [3.63, 3.8) is 0 Å². The third-order valence-corrected chi connectivity index (χ3v) is 3.95. The number of ether oxygens (including phenoxy) is 1. The van der Waals surface area contributed by atoms with Gasteiger partial charge in [0.15, 0.2) is 0 Å². The largest absolute Gasteiger partial charge is 0.480 e. The second-order valence-electron chi connectivity index (χ2n) is 5.81. The van der Waals surface area contributed by atoms with Gasteiger partial charge in [-0.1, -0.05) is 0 Å². The topological polar surface area (TPSA) is 61.8 Å². The van der Waals surface area contributed by atoms with Gasteiger partial charge < -0.3 is 14.7 Å². The summed E-state index contributed by atoms with van der Waals surface area (Å²) in [6.45, 7) is 3.91. The molecule has 104 valence electrons. The molecule has 2 fully saturated rings.